The van der Waals surface area contributed by atoms with Crippen LogP contribution in [0, 0.1) is 6.92 Å². The average Bonchev–Trinajstić information content (AvgIpc) is 2.87. The fourth-order valence-electron chi connectivity index (χ4n) is 3.01. The smallest absolute Gasteiger partial charge is 0.348 e. The quantitative estimate of drug-likeness (QED) is 0.907. The van der Waals surface area contributed by atoms with Crippen molar-refractivity contribution in [3.05, 3.63) is 23.5 Å². The van der Waals surface area contributed by atoms with Gasteiger partial charge in [0.15, 0.2) is 0 Å². The van der Waals surface area contributed by atoms with Crippen molar-refractivity contribution in [1.82, 2.24) is 20.4 Å². The van der Waals surface area contributed by atoms with Crippen LogP contribution in [-0.4, -0.2) is 52.8 Å². The first-order valence-corrected chi connectivity index (χ1v) is 7.55. The van der Waals surface area contributed by atoms with Crippen molar-refractivity contribution in [2.75, 3.05) is 13.6 Å². The summed E-state index contributed by atoms with van der Waals surface area (Å²) in [7, 11) is 1.42. The van der Waals surface area contributed by atoms with Crippen LogP contribution < -0.4 is 5.32 Å². The zero-order chi connectivity index (χ0) is 17.5. The molecule has 0 bridgehead atoms. The molecule has 2 aromatic rings. The van der Waals surface area contributed by atoms with Crippen molar-refractivity contribution in [3.63, 3.8) is 0 Å². The predicted octanol–water partition coefficient (Wildman–Crippen LogP) is 2.29. The summed E-state index contributed by atoms with van der Waals surface area (Å²) in [5.41, 5.74) is 1.29. The highest BCUT2D eigenvalue weighted by atomic mass is 19.4. The van der Waals surface area contributed by atoms with Crippen molar-refractivity contribution in [1.29, 1.82) is 0 Å². The van der Waals surface area contributed by atoms with Crippen LogP contribution in [0.2, 0.25) is 0 Å². The number of piperidine rings is 1. The van der Waals surface area contributed by atoms with Gasteiger partial charge in [-0.25, -0.2) is 4.98 Å². The zero-order valence-electron chi connectivity index (χ0n) is 13.2. The first-order valence-electron chi connectivity index (χ1n) is 7.55. The maximum atomic E-state index is 12.8. The van der Waals surface area contributed by atoms with Crippen LogP contribution in [0.3, 0.4) is 0 Å². The van der Waals surface area contributed by atoms with Gasteiger partial charge in [-0.3, -0.25) is 9.69 Å². The van der Waals surface area contributed by atoms with Gasteiger partial charge in [-0.15, -0.1) is 0 Å². The van der Waals surface area contributed by atoms with Gasteiger partial charge in [-0.1, -0.05) is 5.16 Å². The molecule has 0 aromatic carbocycles. The van der Waals surface area contributed by atoms with Crippen LogP contribution in [-0.2, 0) is 0 Å². The van der Waals surface area contributed by atoms with Gasteiger partial charge < -0.3 is 9.84 Å². The molecule has 24 heavy (non-hydrogen) atoms. The molecule has 1 aliphatic heterocycles. The molecular weight excluding hydrogens is 325 g/mol. The van der Waals surface area contributed by atoms with E-state index in [2.05, 4.69) is 15.5 Å². The highest BCUT2D eigenvalue weighted by Crippen LogP contribution is 2.31. The summed E-state index contributed by atoms with van der Waals surface area (Å²) in [5, 5.41) is 7.19. The second kappa shape index (κ2) is 6.04. The molecule has 1 amide bonds. The zero-order valence-corrected chi connectivity index (χ0v) is 13.2. The molecule has 0 radical (unpaired) electrons. The van der Waals surface area contributed by atoms with Gasteiger partial charge in [-0.2, -0.15) is 13.2 Å². The van der Waals surface area contributed by atoms with Gasteiger partial charge in [0.2, 0.25) is 0 Å². The molecule has 0 aliphatic carbocycles. The number of halogens is 3. The summed E-state index contributed by atoms with van der Waals surface area (Å²) in [6, 6.07) is -0.169. The molecule has 1 N–H and O–H groups in total. The highest BCUT2D eigenvalue weighted by Gasteiger charge is 2.44. The number of amides is 1. The summed E-state index contributed by atoms with van der Waals surface area (Å²) in [6.45, 7) is 1.89. The van der Waals surface area contributed by atoms with Crippen LogP contribution >= 0.6 is 0 Å². The van der Waals surface area contributed by atoms with E-state index in [0.29, 0.717) is 22.4 Å². The Morgan fingerprint density at radius 2 is 2.17 bits per heavy atom. The fraction of sp³-hybridized carbons (Fsp3) is 0.533. The molecule has 0 spiro atoms. The standard InChI is InChI=1S/C15H17F3N4O2/c1-8-11-5-9(6-19-14(11)24-21-8)13(23)20-10-3-4-12(15(16,17)18)22(2)7-10/h5-6,10,12H,3-4,7H2,1-2H3,(H,20,23)/t10-,12+/m1/s1. The number of aryl methyl sites for hydroxylation is 1. The molecule has 1 fully saturated rings. The number of carbonyl (C=O) groups is 1. The lowest BCUT2D eigenvalue weighted by Gasteiger charge is -2.38. The minimum absolute atomic E-state index is 0.0347. The Balaban J connectivity index is 1.67. The number of pyridine rings is 1. The molecule has 1 aliphatic rings. The van der Waals surface area contributed by atoms with Crippen molar-refractivity contribution >= 4 is 17.0 Å². The van der Waals surface area contributed by atoms with E-state index >= 15 is 0 Å². The second-order valence-corrected chi connectivity index (χ2v) is 6.09. The number of fused-ring (bicyclic) bond motifs is 1. The Labute approximate surface area is 136 Å². The first-order chi connectivity index (χ1) is 11.3. The Kier molecular flexibility index (Phi) is 4.20. The Bertz CT molecular complexity index is 759. The molecule has 6 nitrogen and oxygen atoms in total. The summed E-state index contributed by atoms with van der Waals surface area (Å²) in [5.74, 6) is -0.367. The molecule has 0 saturated carbocycles. The third-order valence-corrected chi connectivity index (χ3v) is 4.31. The van der Waals surface area contributed by atoms with Gasteiger partial charge in [-0.05, 0) is 32.9 Å². The summed E-state index contributed by atoms with van der Waals surface area (Å²) in [6.07, 6.45) is -2.63. The molecule has 9 heteroatoms. The van der Waals surface area contributed by atoms with E-state index in [1.54, 1.807) is 13.0 Å². The van der Waals surface area contributed by atoms with Crippen molar-refractivity contribution in [2.24, 2.45) is 0 Å². The van der Waals surface area contributed by atoms with Crippen LogP contribution in [0.25, 0.3) is 11.1 Å². The Morgan fingerprint density at radius 3 is 2.83 bits per heavy atom. The number of likely N-dealkylation sites (tertiary alicyclic amines) is 1. The highest BCUT2D eigenvalue weighted by molar-refractivity contribution is 5.97. The topological polar surface area (TPSA) is 71.3 Å². The van der Waals surface area contributed by atoms with Crippen molar-refractivity contribution in [2.45, 2.75) is 38.0 Å². The van der Waals surface area contributed by atoms with E-state index in [4.69, 9.17) is 4.52 Å². The van der Waals surface area contributed by atoms with E-state index < -0.39 is 12.2 Å². The van der Waals surface area contributed by atoms with Crippen LogP contribution in [0.1, 0.15) is 28.9 Å². The first kappa shape index (κ1) is 16.7. The lowest BCUT2D eigenvalue weighted by Crippen LogP contribution is -2.54. The molecule has 3 rings (SSSR count). The number of likely N-dealkylation sites (N-methyl/N-ethyl adjacent to an activating group) is 1. The molecule has 2 aromatic heterocycles. The van der Waals surface area contributed by atoms with Crippen LogP contribution in [0.15, 0.2) is 16.8 Å². The number of rotatable bonds is 2. The molecule has 2 atom stereocenters. The Hall–Kier alpha value is -2.16. The van der Waals surface area contributed by atoms with Crippen molar-refractivity contribution < 1.29 is 22.5 Å². The predicted molar refractivity (Wildman–Crippen MR) is 79.5 cm³/mol. The SMILES string of the molecule is Cc1noc2ncc(C(=O)N[C@@H]3CC[C@@H](C(F)(F)F)N(C)C3)cc12. The van der Waals surface area contributed by atoms with E-state index in [-0.39, 0.29) is 31.3 Å². The van der Waals surface area contributed by atoms with Crippen molar-refractivity contribution in [3.8, 4) is 0 Å². The van der Waals surface area contributed by atoms with Gasteiger partial charge >= 0.3 is 6.18 Å². The van der Waals surface area contributed by atoms with Gasteiger partial charge in [0, 0.05) is 18.8 Å². The summed E-state index contributed by atoms with van der Waals surface area (Å²) >= 11 is 0. The number of hydrogen-bond acceptors (Lipinski definition) is 5. The number of hydrogen-bond donors (Lipinski definition) is 1. The molecular formula is C15H17F3N4O2. The second-order valence-electron chi connectivity index (χ2n) is 6.09. The maximum Gasteiger partial charge on any atom is 0.404 e. The van der Waals surface area contributed by atoms with E-state index in [9.17, 15) is 18.0 Å². The lowest BCUT2D eigenvalue weighted by molar-refractivity contribution is -0.188. The van der Waals surface area contributed by atoms with Gasteiger partial charge in [0.1, 0.15) is 6.04 Å². The van der Waals surface area contributed by atoms with Gasteiger partial charge in [0.25, 0.3) is 11.6 Å². The number of alkyl halides is 3. The number of nitrogens with zero attached hydrogens (tertiary/aromatic N) is 3. The third-order valence-electron chi connectivity index (χ3n) is 4.31. The lowest BCUT2D eigenvalue weighted by atomic mass is 9.98. The maximum absolute atomic E-state index is 12.8. The largest absolute Gasteiger partial charge is 0.404 e. The summed E-state index contributed by atoms with van der Waals surface area (Å²) in [4.78, 5) is 17.6. The number of carbonyl (C=O) groups excluding carboxylic acids is 1. The molecule has 0 unspecified atom stereocenters. The van der Waals surface area contributed by atoms with Gasteiger partial charge in [0.05, 0.1) is 16.6 Å². The van der Waals surface area contributed by atoms with Crippen LogP contribution in [0.4, 0.5) is 13.2 Å². The Morgan fingerprint density at radius 1 is 1.42 bits per heavy atom. The van der Waals surface area contributed by atoms with E-state index in [1.165, 1.54) is 18.1 Å². The van der Waals surface area contributed by atoms with E-state index in [1.807, 2.05) is 0 Å². The third kappa shape index (κ3) is 3.21. The fourth-order valence-corrected chi connectivity index (χ4v) is 3.01. The molecule has 3 heterocycles. The normalized spacial score (nSPS) is 22.7. The number of nitrogens with one attached hydrogen (secondary N) is 1. The van der Waals surface area contributed by atoms with E-state index in [0.717, 1.165) is 0 Å². The average molecular weight is 342 g/mol. The summed E-state index contributed by atoms with van der Waals surface area (Å²) < 4.78 is 43.5. The molecule has 130 valence electrons. The monoisotopic (exact) mass is 342 g/mol. The molecule has 1 saturated heterocycles. The van der Waals surface area contributed by atoms with Crippen LogP contribution in [0.5, 0.6) is 0 Å². The minimum atomic E-state index is -4.25. The number of aromatic nitrogens is 2. The minimum Gasteiger partial charge on any atom is -0.348 e.